The lowest BCUT2D eigenvalue weighted by Crippen LogP contribution is -2.45. The summed E-state index contributed by atoms with van der Waals surface area (Å²) in [6.45, 7) is 4.31. The predicted molar refractivity (Wildman–Crippen MR) is 169 cm³/mol. The summed E-state index contributed by atoms with van der Waals surface area (Å²) in [7, 11) is -1.86. The molecule has 4 aromatic rings. The van der Waals surface area contributed by atoms with E-state index in [1.54, 1.807) is 17.4 Å². The molecule has 0 saturated carbocycles. The van der Waals surface area contributed by atoms with E-state index >= 15 is 0 Å². The van der Waals surface area contributed by atoms with E-state index in [9.17, 15) is 13.2 Å². The molecule has 0 bridgehead atoms. The van der Waals surface area contributed by atoms with Gasteiger partial charge in [-0.3, -0.25) is 4.79 Å². The fourth-order valence-electron chi connectivity index (χ4n) is 4.74. The molecule has 1 aliphatic heterocycles. The molecule has 3 N–H and O–H groups in total. The highest BCUT2D eigenvalue weighted by Gasteiger charge is 2.27. The van der Waals surface area contributed by atoms with Crippen molar-refractivity contribution in [2.24, 2.45) is 0 Å². The molecular weight excluding hydrogens is 575 g/mol. The summed E-state index contributed by atoms with van der Waals surface area (Å²) in [5.41, 5.74) is 2.74. The Balaban J connectivity index is 1.49. The molecule has 2 aromatic carbocycles. The second-order valence-corrected chi connectivity index (χ2v) is 13.8. The number of amides is 1. The molecule has 0 radical (unpaired) electrons. The quantitative estimate of drug-likeness (QED) is 0.217. The third-order valence-electron chi connectivity index (χ3n) is 7.07. The third kappa shape index (κ3) is 7.75. The summed E-state index contributed by atoms with van der Waals surface area (Å²) in [4.78, 5) is 20.1. The number of carbonyl (C=O) groups excluding carboxylic acids is 1. The first kappa shape index (κ1) is 29.3. The van der Waals surface area contributed by atoms with E-state index in [4.69, 9.17) is 0 Å². The minimum Gasteiger partial charge on any atom is -0.384 e. The molecule has 1 saturated heterocycles. The van der Waals surface area contributed by atoms with Crippen LogP contribution in [0.25, 0.3) is 0 Å². The molecule has 0 atom stereocenters. The van der Waals surface area contributed by atoms with E-state index in [-0.39, 0.29) is 17.3 Å². The first-order valence-electron chi connectivity index (χ1n) is 13.6. The van der Waals surface area contributed by atoms with Crippen LogP contribution in [0.3, 0.4) is 0 Å². The summed E-state index contributed by atoms with van der Waals surface area (Å²) in [6.07, 6.45) is 0.732. The molecule has 2 aromatic heterocycles. The van der Waals surface area contributed by atoms with Crippen molar-refractivity contribution in [3.8, 4) is 0 Å². The van der Waals surface area contributed by atoms with Crippen LogP contribution >= 0.6 is 22.7 Å². The minimum absolute atomic E-state index is 0.0706. The van der Waals surface area contributed by atoms with Gasteiger partial charge in [0.1, 0.15) is 4.90 Å². The lowest BCUT2D eigenvalue weighted by atomic mass is 10.1. The van der Waals surface area contributed by atoms with Crippen LogP contribution in [0.1, 0.15) is 25.7 Å². The molecule has 0 spiro atoms. The first-order valence-corrected chi connectivity index (χ1v) is 16.9. The number of thiophene rings is 2. The largest absolute Gasteiger partial charge is 0.384 e. The van der Waals surface area contributed by atoms with E-state index in [1.807, 2.05) is 59.3 Å². The molecule has 1 aliphatic rings. The average Bonchev–Trinajstić information content (AvgIpc) is 3.70. The van der Waals surface area contributed by atoms with Gasteiger partial charge in [0, 0.05) is 49.0 Å². The van der Waals surface area contributed by atoms with Crippen LogP contribution in [0.4, 0.5) is 11.4 Å². The normalized spacial score (nSPS) is 14.2. The van der Waals surface area contributed by atoms with Crippen LogP contribution < -0.4 is 20.3 Å². The Bertz CT molecular complexity index is 1520. The highest BCUT2D eigenvalue weighted by atomic mass is 32.2. The standard InChI is InChI=1S/C30H35N5O3S3/c1-34-13-15-35(16-14-34)28-20-27(31-12-11-23-7-3-2-4-8-23)29(41(37,38)33-22-25-10-6-18-40-25)19-26(28)30(36)32-21-24-9-5-17-39-24/h2-10,17-20,31,33H,11-16,21-22H2,1H3,(H,32,36). The molecule has 1 fully saturated rings. The smallest absolute Gasteiger partial charge is 0.253 e. The third-order valence-corrected chi connectivity index (χ3v) is 10.3. The maximum atomic E-state index is 13.7. The maximum Gasteiger partial charge on any atom is 0.253 e. The van der Waals surface area contributed by atoms with Gasteiger partial charge in [-0.15, -0.1) is 22.7 Å². The minimum atomic E-state index is -3.94. The number of nitrogens with one attached hydrogen (secondary N) is 3. The lowest BCUT2D eigenvalue weighted by molar-refractivity contribution is 0.0951. The molecule has 0 aliphatic carbocycles. The number of anilines is 2. The summed E-state index contributed by atoms with van der Waals surface area (Å²) >= 11 is 3.06. The number of rotatable bonds is 12. The van der Waals surface area contributed by atoms with Crippen molar-refractivity contribution in [3.63, 3.8) is 0 Å². The molecule has 8 nitrogen and oxygen atoms in total. The monoisotopic (exact) mass is 609 g/mol. The Morgan fingerprint density at radius 1 is 0.878 bits per heavy atom. The van der Waals surface area contributed by atoms with Crippen LogP contribution in [-0.2, 0) is 29.5 Å². The van der Waals surface area contributed by atoms with E-state index in [1.165, 1.54) is 11.3 Å². The Morgan fingerprint density at radius 3 is 2.22 bits per heavy atom. The second-order valence-electron chi connectivity index (χ2n) is 9.98. The van der Waals surface area contributed by atoms with Crippen LogP contribution in [0.2, 0.25) is 0 Å². The molecule has 3 heterocycles. The van der Waals surface area contributed by atoms with Crippen LogP contribution in [0.5, 0.6) is 0 Å². The molecule has 5 rings (SSSR count). The second kappa shape index (κ2) is 13.6. The van der Waals surface area contributed by atoms with Gasteiger partial charge in [-0.2, -0.15) is 0 Å². The maximum absolute atomic E-state index is 13.7. The Kier molecular flexibility index (Phi) is 9.73. The number of piperazine rings is 1. The highest BCUT2D eigenvalue weighted by Crippen LogP contribution is 2.33. The molecular formula is C30H35N5O3S3. The van der Waals surface area contributed by atoms with Gasteiger partial charge in [-0.25, -0.2) is 13.1 Å². The van der Waals surface area contributed by atoms with Gasteiger partial charge in [0.25, 0.3) is 5.91 Å². The number of sulfonamides is 1. The summed E-state index contributed by atoms with van der Waals surface area (Å²) in [5, 5.41) is 10.3. The van der Waals surface area contributed by atoms with Gasteiger partial charge in [0.05, 0.1) is 23.5 Å². The zero-order valence-electron chi connectivity index (χ0n) is 23.0. The van der Waals surface area contributed by atoms with Crippen molar-refractivity contribution in [2.45, 2.75) is 24.4 Å². The van der Waals surface area contributed by atoms with Gasteiger partial charge >= 0.3 is 0 Å². The van der Waals surface area contributed by atoms with Crippen LogP contribution in [0.15, 0.2) is 82.4 Å². The first-order chi connectivity index (χ1) is 19.9. The van der Waals surface area contributed by atoms with Gasteiger partial charge < -0.3 is 20.4 Å². The topological polar surface area (TPSA) is 93.8 Å². The van der Waals surface area contributed by atoms with E-state index in [0.29, 0.717) is 24.3 Å². The lowest BCUT2D eigenvalue weighted by Gasteiger charge is -2.35. The summed E-state index contributed by atoms with van der Waals surface area (Å²) in [6, 6.07) is 21.2. The van der Waals surface area contributed by atoms with Crippen molar-refractivity contribution < 1.29 is 13.2 Å². The average molecular weight is 610 g/mol. The van der Waals surface area contributed by atoms with Gasteiger partial charge in [-0.05, 0) is 54.1 Å². The van der Waals surface area contributed by atoms with E-state index in [2.05, 4.69) is 44.3 Å². The van der Waals surface area contributed by atoms with Crippen molar-refractivity contribution in [2.75, 3.05) is 50.0 Å². The molecule has 11 heteroatoms. The molecule has 41 heavy (non-hydrogen) atoms. The van der Waals surface area contributed by atoms with Crippen molar-refractivity contribution in [3.05, 3.63) is 98.4 Å². The summed E-state index contributed by atoms with van der Waals surface area (Å²) < 4.78 is 30.2. The molecule has 0 unspecified atom stereocenters. The van der Waals surface area contributed by atoms with Crippen molar-refractivity contribution >= 4 is 50.0 Å². The number of hydrogen-bond donors (Lipinski definition) is 3. The Hall–Kier alpha value is -3.22. The van der Waals surface area contributed by atoms with Gasteiger partial charge in [0.2, 0.25) is 10.0 Å². The highest BCUT2D eigenvalue weighted by molar-refractivity contribution is 7.89. The zero-order valence-corrected chi connectivity index (χ0v) is 25.5. The zero-order chi connectivity index (χ0) is 28.7. The van der Waals surface area contributed by atoms with Crippen LogP contribution in [-0.4, -0.2) is 59.0 Å². The number of likely N-dealkylation sites (N-methyl/N-ethyl adjacent to an activating group) is 1. The Labute approximate surface area is 250 Å². The molecule has 1 amide bonds. The summed E-state index contributed by atoms with van der Waals surface area (Å²) in [5.74, 6) is -0.294. The Morgan fingerprint density at radius 2 is 1.56 bits per heavy atom. The van der Waals surface area contributed by atoms with E-state index < -0.39 is 10.0 Å². The van der Waals surface area contributed by atoms with Crippen LogP contribution in [0, 0.1) is 0 Å². The number of carbonyl (C=O) groups is 1. The molecule has 216 valence electrons. The fourth-order valence-corrected chi connectivity index (χ4v) is 7.31. The van der Waals surface area contributed by atoms with Crippen molar-refractivity contribution in [1.82, 2.24) is 14.9 Å². The SMILES string of the molecule is CN1CCN(c2cc(NCCc3ccccc3)c(S(=O)(=O)NCc3cccs3)cc2C(=O)NCc2cccs2)CC1. The number of hydrogen-bond acceptors (Lipinski definition) is 8. The fraction of sp³-hybridized carbons (Fsp3) is 0.300. The van der Waals surface area contributed by atoms with E-state index in [0.717, 1.165) is 53.6 Å². The number of benzene rings is 2. The number of nitrogens with zero attached hydrogens (tertiary/aromatic N) is 2. The van der Waals surface area contributed by atoms with Gasteiger partial charge in [0.15, 0.2) is 0 Å². The predicted octanol–water partition coefficient (Wildman–Crippen LogP) is 4.62. The van der Waals surface area contributed by atoms with Gasteiger partial charge in [-0.1, -0.05) is 42.5 Å². The van der Waals surface area contributed by atoms with Crippen molar-refractivity contribution in [1.29, 1.82) is 0 Å².